The number of nitrogens with one attached hydrogen (secondary N) is 2. The maximum Gasteiger partial charge on any atom is 0.177 e. The van der Waals surface area contributed by atoms with E-state index in [0.29, 0.717) is 0 Å². The second-order valence-electron chi connectivity index (χ2n) is 3.55. The van der Waals surface area contributed by atoms with Gasteiger partial charge < -0.3 is 5.32 Å². The molecular formula is C8H16N4. The lowest BCUT2D eigenvalue weighted by atomic mass is 9.92. The van der Waals surface area contributed by atoms with E-state index in [2.05, 4.69) is 22.7 Å². The summed E-state index contributed by atoms with van der Waals surface area (Å²) < 4.78 is 0. The Bertz CT molecular complexity index is 186. The molecule has 1 unspecified atom stereocenters. The highest BCUT2D eigenvalue weighted by Crippen LogP contribution is 2.18. The van der Waals surface area contributed by atoms with E-state index in [0.717, 1.165) is 25.9 Å². The minimum absolute atomic E-state index is 0.0456. The minimum Gasteiger partial charge on any atom is -0.317 e. The smallest absolute Gasteiger partial charge is 0.177 e. The van der Waals surface area contributed by atoms with Gasteiger partial charge in [-0.25, -0.2) is 5.01 Å². The lowest BCUT2D eigenvalue weighted by molar-refractivity contribution is 0.105. The van der Waals surface area contributed by atoms with Crippen LogP contribution < -0.4 is 10.7 Å². The quantitative estimate of drug-likeness (QED) is 0.452. The highest BCUT2D eigenvalue weighted by molar-refractivity contribution is 4.93. The number of piperidine rings is 1. The number of hydrogen-bond acceptors (Lipinski definition) is 4. The van der Waals surface area contributed by atoms with Gasteiger partial charge in [0.05, 0.1) is 5.54 Å². The molecule has 0 aromatic heterocycles. The molecule has 1 rings (SSSR count). The predicted octanol–water partition coefficient (Wildman–Crippen LogP) is 0.0460. The van der Waals surface area contributed by atoms with E-state index in [9.17, 15) is 0 Å². The number of hydrazine groups is 1. The molecule has 1 heterocycles. The van der Waals surface area contributed by atoms with Crippen molar-refractivity contribution in [1.82, 2.24) is 15.8 Å². The molecule has 0 aromatic carbocycles. The van der Waals surface area contributed by atoms with Crippen LogP contribution >= 0.6 is 0 Å². The van der Waals surface area contributed by atoms with Crippen molar-refractivity contribution in [2.75, 3.05) is 20.1 Å². The molecule has 0 radical (unpaired) electrons. The average Bonchev–Trinajstić information content (AvgIpc) is 2.04. The van der Waals surface area contributed by atoms with Crippen molar-refractivity contribution < 1.29 is 0 Å². The molecule has 68 valence electrons. The Hall–Kier alpha value is -0.790. The van der Waals surface area contributed by atoms with Gasteiger partial charge in [-0.2, -0.15) is 5.26 Å². The summed E-state index contributed by atoms with van der Waals surface area (Å²) in [5.74, 6) is 0. The Morgan fingerprint density at radius 1 is 1.58 bits per heavy atom. The summed E-state index contributed by atoms with van der Waals surface area (Å²) >= 11 is 0. The molecule has 1 fully saturated rings. The molecule has 0 amide bonds. The van der Waals surface area contributed by atoms with Gasteiger partial charge >= 0.3 is 0 Å². The molecule has 4 nitrogen and oxygen atoms in total. The third-order valence-electron chi connectivity index (χ3n) is 2.37. The first kappa shape index (κ1) is 9.30. The molecule has 1 aliphatic heterocycles. The van der Waals surface area contributed by atoms with Gasteiger partial charge in [0.15, 0.2) is 6.19 Å². The van der Waals surface area contributed by atoms with Gasteiger partial charge in [0.2, 0.25) is 0 Å². The molecule has 2 N–H and O–H groups in total. The Balaban J connectivity index is 2.49. The van der Waals surface area contributed by atoms with Gasteiger partial charge in [-0.1, -0.05) is 0 Å². The van der Waals surface area contributed by atoms with E-state index in [1.807, 2.05) is 13.2 Å². The van der Waals surface area contributed by atoms with Gasteiger partial charge in [0.1, 0.15) is 0 Å². The zero-order chi connectivity index (χ0) is 9.03. The second kappa shape index (κ2) is 3.74. The van der Waals surface area contributed by atoms with Gasteiger partial charge in [-0.3, -0.25) is 5.43 Å². The van der Waals surface area contributed by atoms with Crippen LogP contribution in [0.2, 0.25) is 0 Å². The van der Waals surface area contributed by atoms with Gasteiger partial charge in [0.25, 0.3) is 0 Å². The van der Waals surface area contributed by atoms with E-state index >= 15 is 0 Å². The van der Waals surface area contributed by atoms with Crippen LogP contribution in [0.25, 0.3) is 0 Å². The zero-order valence-corrected chi connectivity index (χ0v) is 7.72. The van der Waals surface area contributed by atoms with E-state index in [4.69, 9.17) is 5.26 Å². The van der Waals surface area contributed by atoms with Crippen LogP contribution in [-0.2, 0) is 0 Å². The van der Waals surface area contributed by atoms with E-state index in [1.165, 1.54) is 0 Å². The van der Waals surface area contributed by atoms with Crippen molar-refractivity contribution in [3.63, 3.8) is 0 Å². The Kier molecular flexibility index (Phi) is 2.90. The predicted molar refractivity (Wildman–Crippen MR) is 47.0 cm³/mol. The minimum atomic E-state index is -0.0456. The van der Waals surface area contributed by atoms with Crippen molar-refractivity contribution >= 4 is 0 Å². The Labute approximate surface area is 73.5 Å². The molecule has 0 saturated carbocycles. The van der Waals surface area contributed by atoms with Crippen LogP contribution in [0.5, 0.6) is 0 Å². The summed E-state index contributed by atoms with van der Waals surface area (Å²) in [6, 6.07) is 0. The van der Waals surface area contributed by atoms with Crippen molar-refractivity contribution in [2.24, 2.45) is 0 Å². The van der Waals surface area contributed by atoms with Crippen LogP contribution in [0.4, 0.5) is 0 Å². The number of hydrogen-bond donors (Lipinski definition) is 2. The van der Waals surface area contributed by atoms with Crippen LogP contribution in [0, 0.1) is 11.5 Å². The molecule has 0 aromatic rings. The van der Waals surface area contributed by atoms with E-state index in [-0.39, 0.29) is 5.54 Å². The first-order chi connectivity index (χ1) is 5.70. The lowest BCUT2D eigenvalue weighted by Crippen LogP contribution is -2.56. The first-order valence-corrected chi connectivity index (χ1v) is 4.29. The highest BCUT2D eigenvalue weighted by atomic mass is 15.5. The molecule has 0 aliphatic carbocycles. The summed E-state index contributed by atoms with van der Waals surface area (Å²) in [6.07, 6.45) is 4.22. The SMILES string of the molecule is CNN1CCCC(C)(NC#N)C1. The molecule has 1 aliphatic rings. The molecular weight excluding hydrogens is 152 g/mol. The first-order valence-electron chi connectivity index (χ1n) is 4.29. The molecule has 1 atom stereocenters. The maximum absolute atomic E-state index is 8.54. The Morgan fingerprint density at radius 3 is 2.92 bits per heavy atom. The number of nitriles is 1. The largest absolute Gasteiger partial charge is 0.317 e. The third kappa shape index (κ3) is 2.10. The monoisotopic (exact) mass is 168 g/mol. The molecule has 4 heteroatoms. The van der Waals surface area contributed by atoms with Gasteiger partial charge in [-0.15, -0.1) is 0 Å². The van der Waals surface area contributed by atoms with Crippen molar-refractivity contribution in [3.05, 3.63) is 0 Å². The number of rotatable bonds is 2. The Morgan fingerprint density at radius 2 is 2.33 bits per heavy atom. The van der Waals surface area contributed by atoms with Crippen LogP contribution in [-0.4, -0.2) is 30.7 Å². The summed E-state index contributed by atoms with van der Waals surface area (Å²) in [6.45, 7) is 4.04. The highest BCUT2D eigenvalue weighted by Gasteiger charge is 2.29. The third-order valence-corrected chi connectivity index (χ3v) is 2.37. The zero-order valence-electron chi connectivity index (χ0n) is 7.72. The van der Waals surface area contributed by atoms with Crippen molar-refractivity contribution in [2.45, 2.75) is 25.3 Å². The average molecular weight is 168 g/mol. The molecule has 1 saturated heterocycles. The van der Waals surface area contributed by atoms with Crippen LogP contribution in [0.1, 0.15) is 19.8 Å². The summed E-state index contributed by atoms with van der Waals surface area (Å²) in [4.78, 5) is 0. The second-order valence-corrected chi connectivity index (χ2v) is 3.55. The molecule has 0 bridgehead atoms. The number of nitrogens with zero attached hydrogens (tertiary/aromatic N) is 2. The standard InChI is InChI=1S/C8H16N4/c1-8(11-7-9)4-3-5-12(6-8)10-2/h10-11H,3-6H2,1-2H3. The summed E-state index contributed by atoms with van der Waals surface area (Å²) in [7, 11) is 1.91. The van der Waals surface area contributed by atoms with E-state index < -0.39 is 0 Å². The summed E-state index contributed by atoms with van der Waals surface area (Å²) in [5, 5.41) is 13.5. The lowest BCUT2D eigenvalue weighted by Gasteiger charge is -2.38. The van der Waals surface area contributed by atoms with Crippen molar-refractivity contribution in [1.29, 1.82) is 5.26 Å². The topological polar surface area (TPSA) is 51.1 Å². The van der Waals surface area contributed by atoms with Crippen LogP contribution in [0.15, 0.2) is 0 Å². The maximum atomic E-state index is 8.54. The fourth-order valence-corrected chi connectivity index (χ4v) is 1.67. The van der Waals surface area contributed by atoms with Gasteiger partial charge in [0, 0.05) is 13.1 Å². The molecule has 0 spiro atoms. The fraction of sp³-hybridized carbons (Fsp3) is 0.875. The summed E-state index contributed by atoms with van der Waals surface area (Å²) in [5.41, 5.74) is 3.06. The van der Waals surface area contributed by atoms with Gasteiger partial charge in [-0.05, 0) is 26.8 Å². The van der Waals surface area contributed by atoms with Crippen LogP contribution in [0.3, 0.4) is 0 Å². The molecule has 12 heavy (non-hydrogen) atoms. The normalized spacial score (nSPS) is 31.1. The fourth-order valence-electron chi connectivity index (χ4n) is 1.67. The van der Waals surface area contributed by atoms with Crippen molar-refractivity contribution in [3.8, 4) is 6.19 Å². The van der Waals surface area contributed by atoms with E-state index in [1.54, 1.807) is 0 Å².